The number of hydrogen-bond donors (Lipinski definition) is 4. The number of aryl methyl sites for hydroxylation is 1. The molecule has 25 heteroatoms. The zero-order chi connectivity index (χ0) is 60.5. The lowest BCUT2D eigenvalue weighted by Gasteiger charge is -2.30. The number of likely N-dealkylation sites (tertiary alicyclic amines) is 1. The van der Waals surface area contributed by atoms with Crippen LogP contribution in [0.3, 0.4) is 0 Å². The van der Waals surface area contributed by atoms with E-state index in [1.165, 1.54) is 6.07 Å². The van der Waals surface area contributed by atoms with Gasteiger partial charge in [-0.15, -0.1) is 0 Å². The lowest BCUT2D eigenvalue weighted by Crippen LogP contribution is -2.51. The van der Waals surface area contributed by atoms with Crippen molar-refractivity contribution in [3.05, 3.63) is 61.7 Å². The number of fused-ring (bicyclic) bond motifs is 5. The Balaban J connectivity index is 0.00000560. The van der Waals surface area contributed by atoms with Gasteiger partial charge in [-0.05, 0) is 60.4 Å². The Hall–Kier alpha value is -6.32. The first-order valence-electron chi connectivity index (χ1n) is 29.3. The normalized spacial score (nSPS) is 16.2. The highest BCUT2D eigenvalue weighted by Crippen LogP contribution is 2.45. The summed E-state index contributed by atoms with van der Waals surface area (Å²) in [6.07, 6.45) is 1.82. The number of benzene rings is 1. The van der Waals surface area contributed by atoms with Crippen LogP contribution in [0, 0.1) is 18.7 Å². The maximum atomic E-state index is 15.4. The second kappa shape index (κ2) is 34.6. The largest absolute Gasteiger partial charge is 0.460 e. The zero-order valence-corrected chi connectivity index (χ0v) is 49.4. The van der Waals surface area contributed by atoms with E-state index in [-0.39, 0.29) is 94.3 Å². The highest BCUT2D eigenvalue weighted by molar-refractivity contribution is 6.02. The van der Waals surface area contributed by atoms with Gasteiger partial charge in [-0.3, -0.25) is 43.3 Å². The third-order valence-corrected chi connectivity index (χ3v) is 14.6. The van der Waals surface area contributed by atoms with E-state index in [4.69, 9.17) is 47.6 Å². The summed E-state index contributed by atoms with van der Waals surface area (Å²) in [5, 5.41) is 11.9. The third kappa shape index (κ3) is 18.6. The first-order chi connectivity index (χ1) is 40.7. The maximum absolute atomic E-state index is 15.4. The number of imide groups is 1. The number of esters is 1. The molecule has 0 spiro atoms. The number of rotatable bonds is 37. The van der Waals surface area contributed by atoms with Gasteiger partial charge in [0.05, 0.1) is 153 Å². The van der Waals surface area contributed by atoms with Gasteiger partial charge in [0, 0.05) is 55.8 Å². The molecule has 1 aromatic carbocycles. The number of cyclic esters (lactones) is 1. The van der Waals surface area contributed by atoms with E-state index < -0.39 is 47.5 Å². The molecule has 3 aromatic rings. The first kappa shape index (κ1) is 66.8. The van der Waals surface area contributed by atoms with Crippen LogP contribution in [-0.4, -0.2) is 187 Å². The molecule has 4 aliphatic rings. The van der Waals surface area contributed by atoms with Gasteiger partial charge in [-0.1, -0.05) is 34.6 Å². The molecule has 4 N–H and O–H groups in total. The number of ether oxygens (including phenoxy) is 9. The fraction of sp³-hybridized carbons (Fsp3) is 0.644. The monoisotopic (exact) mass is 1180 g/mol. The van der Waals surface area contributed by atoms with E-state index in [0.29, 0.717) is 152 Å². The topological polar surface area (TPSA) is 289 Å². The van der Waals surface area contributed by atoms with Crippen molar-refractivity contribution in [1.29, 1.82) is 0 Å². The van der Waals surface area contributed by atoms with Crippen LogP contribution in [0.25, 0.3) is 22.3 Å². The van der Waals surface area contributed by atoms with Crippen molar-refractivity contribution in [3.8, 4) is 11.4 Å². The summed E-state index contributed by atoms with van der Waals surface area (Å²) in [6, 6.07) is 1.73. The van der Waals surface area contributed by atoms with Gasteiger partial charge in [-0.2, -0.15) is 0 Å². The van der Waals surface area contributed by atoms with E-state index in [2.05, 4.69) is 21.3 Å². The molecule has 0 radical (unpaired) electrons. The Morgan fingerprint density at radius 3 is 1.82 bits per heavy atom. The van der Waals surface area contributed by atoms with Crippen LogP contribution in [-0.2, 0) is 95.8 Å². The highest BCUT2D eigenvalue weighted by atomic mass is 19.1. The van der Waals surface area contributed by atoms with Gasteiger partial charge >= 0.3 is 5.97 Å². The molecule has 3 aliphatic heterocycles. The van der Waals surface area contributed by atoms with E-state index in [0.717, 1.165) is 27.0 Å². The van der Waals surface area contributed by atoms with Crippen molar-refractivity contribution in [3.63, 3.8) is 0 Å². The number of hydrogen-bond acceptors (Lipinski definition) is 18. The van der Waals surface area contributed by atoms with E-state index in [9.17, 15) is 38.4 Å². The predicted molar refractivity (Wildman–Crippen MR) is 303 cm³/mol. The van der Waals surface area contributed by atoms with Gasteiger partial charge < -0.3 is 68.5 Å². The van der Waals surface area contributed by atoms with Crippen LogP contribution < -0.4 is 26.8 Å². The molecule has 0 saturated carbocycles. The number of halogens is 1. The van der Waals surface area contributed by atoms with Crippen molar-refractivity contribution in [1.82, 2.24) is 35.7 Å². The summed E-state index contributed by atoms with van der Waals surface area (Å²) in [6.45, 7) is 16.9. The molecule has 7 rings (SSSR count). The Morgan fingerprint density at radius 1 is 0.702 bits per heavy atom. The molecular weight excluding hydrogens is 1100 g/mol. The van der Waals surface area contributed by atoms with Crippen LogP contribution in [0.4, 0.5) is 4.39 Å². The van der Waals surface area contributed by atoms with Gasteiger partial charge in [0.2, 0.25) is 35.4 Å². The first-order valence-corrected chi connectivity index (χ1v) is 29.3. The van der Waals surface area contributed by atoms with Crippen LogP contribution in [0.5, 0.6) is 0 Å². The van der Waals surface area contributed by atoms with Crippen LogP contribution in [0.15, 0.2) is 16.9 Å². The Kier molecular flexibility index (Phi) is 27.5. The number of carbonyl (C=O) groups is 7. The Labute approximate surface area is 489 Å². The quantitative estimate of drug-likeness (QED) is 0.0287. The summed E-state index contributed by atoms with van der Waals surface area (Å²) in [4.78, 5) is 108. The molecule has 1 saturated heterocycles. The fourth-order valence-corrected chi connectivity index (χ4v) is 10.3. The molecule has 0 bridgehead atoms. The van der Waals surface area contributed by atoms with Gasteiger partial charge in [0.25, 0.3) is 5.56 Å². The molecular formula is C59H84FN7O17. The van der Waals surface area contributed by atoms with Crippen molar-refractivity contribution in [2.24, 2.45) is 5.92 Å². The minimum atomic E-state index is -0.921. The van der Waals surface area contributed by atoms with Crippen molar-refractivity contribution in [2.75, 3.05) is 125 Å². The van der Waals surface area contributed by atoms with Crippen LogP contribution >= 0.6 is 0 Å². The van der Waals surface area contributed by atoms with Crippen molar-refractivity contribution >= 4 is 52.3 Å². The average Bonchev–Trinajstić information content (AvgIpc) is 1.56. The van der Waals surface area contributed by atoms with Gasteiger partial charge in [-0.25, -0.2) is 9.37 Å². The molecule has 3 unspecified atom stereocenters. The Bertz CT molecular complexity index is 2800. The number of pyridine rings is 2. The van der Waals surface area contributed by atoms with Crippen LogP contribution in [0.1, 0.15) is 118 Å². The number of nitrogens with zero attached hydrogens (tertiary/aromatic N) is 3. The Morgan fingerprint density at radius 2 is 1.26 bits per heavy atom. The second-order valence-corrected chi connectivity index (χ2v) is 20.5. The van der Waals surface area contributed by atoms with Crippen molar-refractivity contribution < 1.29 is 80.6 Å². The molecule has 2 aromatic heterocycles. The molecule has 1 fully saturated rings. The third-order valence-electron chi connectivity index (χ3n) is 14.6. The lowest BCUT2D eigenvalue weighted by atomic mass is 9.81. The SMILES string of the molecule is CC.CCC1C(=O)OCc2c1cc1n(c2=O)Cc2c-1nc1cc(F)c(C)c3c1c2C(NC(=O)CNC(=O)C(NC(=O)CCOCCOCCOCCOCCOCCOCCOCCOCCNC(=O)CCN1C(=O)CCC1=O)C(C)C)CC3. The fourth-order valence-electron chi connectivity index (χ4n) is 10.3. The minimum absolute atomic E-state index is 0.000571. The number of carbonyl (C=O) groups excluding carboxylic acids is 7. The molecule has 84 heavy (non-hydrogen) atoms. The number of nitrogens with one attached hydrogen (secondary N) is 4. The summed E-state index contributed by atoms with van der Waals surface area (Å²) >= 11 is 0. The van der Waals surface area contributed by atoms with Crippen LogP contribution in [0.2, 0.25) is 0 Å². The van der Waals surface area contributed by atoms with Gasteiger partial charge in [0.1, 0.15) is 18.5 Å². The summed E-state index contributed by atoms with van der Waals surface area (Å²) < 4.78 is 66.4. The maximum Gasteiger partial charge on any atom is 0.313 e. The van der Waals surface area contributed by atoms with Crippen molar-refractivity contribution in [2.45, 2.75) is 118 Å². The van der Waals surface area contributed by atoms with E-state index in [1.54, 1.807) is 25.3 Å². The summed E-state index contributed by atoms with van der Waals surface area (Å²) in [5.74, 6) is -3.81. The average molecular weight is 1180 g/mol. The lowest BCUT2D eigenvalue weighted by molar-refractivity contribution is -0.148. The second-order valence-electron chi connectivity index (χ2n) is 20.5. The summed E-state index contributed by atoms with van der Waals surface area (Å²) in [7, 11) is 0. The molecule has 5 heterocycles. The minimum Gasteiger partial charge on any atom is -0.460 e. The standard InChI is InChI=1S/C57H78FN7O17.C2H6/c1-5-37-39-30-45-54-40(33-65(45)56(72)41(39)34-82-57(37)73)52-43(7-6-38-36(4)42(58)31-44(62-54)51(38)52)61-48(68)32-60-55(71)53(35(2)3)63-47(67)11-14-74-16-18-76-20-22-78-24-26-80-28-29-81-27-25-79-23-21-77-19-17-75-15-12-59-46(66)10-13-64-49(69)8-9-50(64)70;1-2/h30-31,35,37,43,53H,5-29,32-34H2,1-4H3,(H,59,66)(H,60,71)(H,61,68)(H,63,67);1-2H3. The molecule has 1 aliphatic carbocycles. The van der Waals surface area contributed by atoms with E-state index >= 15 is 4.39 Å². The van der Waals surface area contributed by atoms with E-state index in [1.807, 2.05) is 26.8 Å². The zero-order valence-electron chi connectivity index (χ0n) is 49.4. The highest BCUT2D eigenvalue weighted by Gasteiger charge is 2.38. The predicted octanol–water partition coefficient (Wildman–Crippen LogP) is 2.99. The molecule has 464 valence electrons. The van der Waals surface area contributed by atoms with Gasteiger partial charge in [0.15, 0.2) is 0 Å². The molecule has 6 amide bonds. The number of amides is 6. The smallest absolute Gasteiger partial charge is 0.313 e. The molecule has 24 nitrogen and oxygen atoms in total. The number of aromatic nitrogens is 2. The summed E-state index contributed by atoms with van der Waals surface area (Å²) in [5.41, 5.74) is 4.89. The molecule has 3 atom stereocenters.